The summed E-state index contributed by atoms with van der Waals surface area (Å²) in [6, 6.07) is 3.45. The zero-order valence-corrected chi connectivity index (χ0v) is 12.4. The molecule has 1 fully saturated rings. The lowest BCUT2D eigenvalue weighted by Gasteiger charge is -2.21. The Hall–Kier alpha value is -0.930. The number of halogens is 1. The Labute approximate surface area is 120 Å². The number of hydrogen-bond donors (Lipinski definition) is 1. The van der Waals surface area contributed by atoms with Crippen molar-refractivity contribution >= 4 is 11.6 Å². The summed E-state index contributed by atoms with van der Waals surface area (Å²) in [5, 5.41) is 10.7. The predicted molar refractivity (Wildman–Crippen MR) is 78.0 cm³/mol. The van der Waals surface area contributed by atoms with Crippen molar-refractivity contribution in [2.24, 2.45) is 5.92 Å². The number of hydrogen-bond acceptors (Lipinski definition) is 3. The number of phenols is 1. The highest BCUT2D eigenvalue weighted by Gasteiger charge is 2.18. The molecule has 1 N–H and O–H groups in total. The summed E-state index contributed by atoms with van der Waals surface area (Å²) >= 11 is 6.04. The van der Waals surface area contributed by atoms with E-state index in [4.69, 9.17) is 16.3 Å². The van der Waals surface area contributed by atoms with Gasteiger partial charge in [-0.3, -0.25) is 0 Å². The van der Waals surface area contributed by atoms with E-state index >= 15 is 0 Å². The van der Waals surface area contributed by atoms with Crippen LogP contribution in [-0.4, -0.2) is 30.7 Å². The van der Waals surface area contributed by atoms with Gasteiger partial charge in [0.2, 0.25) is 0 Å². The normalized spacial score (nSPS) is 16.2. The predicted octanol–water partition coefficient (Wildman–Crippen LogP) is 3.68. The molecule has 0 radical (unpaired) electrons. The van der Waals surface area contributed by atoms with Gasteiger partial charge in [0.05, 0.1) is 7.11 Å². The van der Waals surface area contributed by atoms with Gasteiger partial charge in [0.25, 0.3) is 0 Å². The molecule has 1 aromatic rings. The van der Waals surface area contributed by atoms with Crippen molar-refractivity contribution in [3.8, 4) is 11.5 Å². The Bertz CT molecular complexity index is 430. The van der Waals surface area contributed by atoms with Gasteiger partial charge in [-0.1, -0.05) is 24.4 Å². The maximum atomic E-state index is 10.1. The van der Waals surface area contributed by atoms with Gasteiger partial charge in [0.1, 0.15) is 0 Å². The Morgan fingerprint density at radius 2 is 2.05 bits per heavy atom. The number of aromatic hydroxyl groups is 1. The van der Waals surface area contributed by atoms with Crippen LogP contribution in [0.1, 0.15) is 31.2 Å². The Kier molecular flexibility index (Phi) is 4.94. The summed E-state index contributed by atoms with van der Waals surface area (Å²) in [4.78, 5) is 2.25. The quantitative estimate of drug-likeness (QED) is 0.895. The summed E-state index contributed by atoms with van der Waals surface area (Å²) in [5.41, 5.74) is 0.824. The summed E-state index contributed by atoms with van der Waals surface area (Å²) < 4.78 is 5.13. The van der Waals surface area contributed by atoms with Gasteiger partial charge in [0, 0.05) is 29.7 Å². The largest absolute Gasteiger partial charge is 0.504 e. The number of nitrogens with zero attached hydrogens (tertiary/aromatic N) is 1. The zero-order valence-electron chi connectivity index (χ0n) is 11.7. The summed E-state index contributed by atoms with van der Waals surface area (Å²) in [6.45, 7) is 1.77. The third-order valence-electron chi connectivity index (χ3n) is 3.82. The maximum absolute atomic E-state index is 10.1. The lowest BCUT2D eigenvalue weighted by molar-refractivity contribution is 0.266. The molecule has 4 heteroatoms. The van der Waals surface area contributed by atoms with Crippen LogP contribution in [0.4, 0.5) is 0 Å². The zero-order chi connectivity index (χ0) is 13.8. The van der Waals surface area contributed by atoms with E-state index in [1.54, 1.807) is 6.07 Å². The second-order valence-electron chi connectivity index (χ2n) is 5.46. The molecule has 0 bridgehead atoms. The van der Waals surface area contributed by atoms with Crippen LogP contribution in [0.15, 0.2) is 12.1 Å². The first-order chi connectivity index (χ1) is 9.10. The van der Waals surface area contributed by atoms with Crippen molar-refractivity contribution in [3.05, 3.63) is 22.7 Å². The third-order valence-corrected chi connectivity index (χ3v) is 4.04. The van der Waals surface area contributed by atoms with E-state index in [0.29, 0.717) is 17.3 Å². The number of benzene rings is 1. The van der Waals surface area contributed by atoms with Crippen LogP contribution in [0.3, 0.4) is 0 Å². The molecule has 1 aromatic carbocycles. The van der Waals surface area contributed by atoms with Crippen LogP contribution in [0.2, 0.25) is 5.02 Å². The van der Waals surface area contributed by atoms with Gasteiger partial charge in [-0.15, -0.1) is 0 Å². The SMILES string of the molecule is COc1cc(Cl)cc(CN(C)CC2CCCC2)c1O. The van der Waals surface area contributed by atoms with Crippen LogP contribution < -0.4 is 4.74 Å². The molecular formula is C15H22ClNO2. The Balaban J connectivity index is 2.03. The molecule has 19 heavy (non-hydrogen) atoms. The minimum Gasteiger partial charge on any atom is -0.504 e. The second-order valence-corrected chi connectivity index (χ2v) is 5.90. The lowest BCUT2D eigenvalue weighted by atomic mass is 10.1. The smallest absolute Gasteiger partial charge is 0.162 e. The second kappa shape index (κ2) is 6.49. The van der Waals surface area contributed by atoms with E-state index < -0.39 is 0 Å². The van der Waals surface area contributed by atoms with Crippen molar-refractivity contribution in [2.75, 3.05) is 20.7 Å². The Morgan fingerprint density at radius 3 is 2.68 bits per heavy atom. The highest BCUT2D eigenvalue weighted by Crippen LogP contribution is 2.34. The number of methoxy groups -OCH3 is 1. The van der Waals surface area contributed by atoms with Crippen molar-refractivity contribution in [3.63, 3.8) is 0 Å². The summed E-state index contributed by atoms with van der Waals surface area (Å²) in [6.07, 6.45) is 5.37. The van der Waals surface area contributed by atoms with Gasteiger partial charge in [-0.05, 0) is 31.9 Å². The van der Waals surface area contributed by atoms with Crippen LogP contribution in [0, 0.1) is 5.92 Å². The number of ether oxygens (including phenoxy) is 1. The van der Waals surface area contributed by atoms with Gasteiger partial charge < -0.3 is 14.7 Å². The molecule has 0 spiro atoms. The number of rotatable bonds is 5. The molecule has 0 heterocycles. The first-order valence-electron chi connectivity index (χ1n) is 6.84. The fourth-order valence-corrected chi connectivity index (χ4v) is 3.12. The van der Waals surface area contributed by atoms with E-state index in [1.165, 1.54) is 32.8 Å². The fourth-order valence-electron chi connectivity index (χ4n) is 2.89. The molecule has 2 rings (SSSR count). The minimum atomic E-state index is 0.199. The molecule has 0 aromatic heterocycles. The van der Waals surface area contributed by atoms with Crippen molar-refractivity contribution in [1.82, 2.24) is 4.90 Å². The first-order valence-corrected chi connectivity index (χ1v) is 7.22. The topological polar surface area (TPSA) is 32.7 Å². The lowest BCUT2D eigenvalue weighted by Crippen LogP contribution is -2.24. The molecule has 0 unspecified atom stereocenters. The van der Waals surface area contributed by atoms with Crippen molar-refractivity contribution in [1.29, 1.82) is 0 Å². The van der Waals surface area contributed by atoms with Gasteiger partial charge in [-0.2, -0.15) is 0 Å². The number of phenolic OH excluding ortho intramolecular Hbond substituents is 1. The van der Waals surface area contributed by atoms with E-state index in [2.05, 4.69) is 11.9 Å². The highest BCUT2D eigenvalue weighted by atomic mass is 35.5. The molecule has 3 nitrogen and oxygen atoms in total. The monoisotopic (exact) mass is 283 g/mol. The van der Waals surface area contributed by atoms with Crippen molar-refractivity contribution in [2.45, 2.75) is 32.2 Å². The molecule has 1 aliphatic carbocycles. The van der Waals surface area contributed by atoms with Crippen LogP contribution >= 0.6 is 11.6 Å². The summed E-state index contributed by atoms with van der Waals surface area (Å²) in [7, 11) is 3.63. The molecule has 106 valence electrons. The molecule has 0 aliphatic heterocycles. The van der Waals surface area contributed by atoms with E-state index in [0.717, 1.165) is 18.0 Å². The Morgan fingerprint density at radius 1 is 1.37 bits per heavy atom. The van der Waals surface area contributed by atoms with Crippen LogP contribution in [0.5, 0.6) is 11.5 Å². The molecular weight excluding hydrogens is 262 g/mol. The maximum Gasteiger partial charge on any atom is 0.162 e. The summed E-state index contributed by atoms with van der Waals surface area (Å²) in [5.74, 6) is 1.44. The molecule has 0 amide bonds. The van der Waals surface area contributed by atoms with E-state index in [-0.39, 0.29) is 5.75 Å². The molecule has 0 saturated heterocycles. The average Bonchev–Trinajstić information content (AvgIpc) is 2.86. The van der Waals surface area contributed by atoms with Crippen molar-refractivity contribution < 1.29 is 9.84 Å². The fraction of sp³-hybridized carbons (Fsp3) is 0.600. The highest BCUT2D eigenvalue weighted by molar-refractivity contribution is 6.30. The van der Waals surface area contributed by atoms with E-state index in [9.17, 15) is 5.11 Å². The standard InChI is InChI=1S/C15H22ClNO2/c1-17(9-11-5-3-4-6-11)10-12-7-13(16)8-14(19-2)15(12)18/h7-8,11,18H,3-6,9-10H2,1-2H3. The first kappa shape index (κ1) is 14.5. The van der Waals surface area contributed by atoms with Crippen LogP contribution in [0.25, 0.3) is 0 Å². The van der Waals surface area contributed by atoms with Gasteiger partial charge in [0.15, 0.2) is 11.5 Å². The third kappa shape index (κ3) is 3.77. The molecule has 0 atom stereocenters. The molecule has 1 aliphatic rings. The minimum absolute atomic E-state index is 0.199. The van der Waals surface area contributed by atoms with Gasteiger partial charge >= 0.3 is 0 Å². The van der Waals surface area contributed by atoms with E-state index in [1.807, 2.05) is 6.07 Å². The molecule has 1 saturated carbocycles. The van der Waals surface area contributed by atoms with Crippen LogP contribution in [-0.2, 0) is 6.54 Å². The average molecular weight is 284 g/mol. The van der Waals surface area contributed by atoms with Gasteiger partial charge in [-0.25, -0.2) is 0 Å².